The number of sulfonamides is 1. The molecular weight excluding hydrogens is 454 g/mol. The first-order valence-corrected chi connectivity index (χ1v) is 11.1. The SMILES string of the molecule is COc1ccc(N(CC(=O)Nc2ccc(C(N)=O)cc2)S(=O)(=O)c2ccccc2)cc1Cl. The number of primary amides is 1. The first-order valence-electron chi connectivity index (χ1n) is 9.33. The Kier molecular flexibility index (Phi) is 7.01. The molecule has 32 heavy (non-hydrogen) atoms. The topological polar surface area (TPSA) is 119 Å². The van der Waals surface area contributed by atoms with Crippen molar-refractivity contribution < 1.29 is 22.7 Å². The maximum atomic E-state index is 13.3. The van der Waals surface area contributed by atoms with Gasteiger partial charge in [0.2, 0.25) is 11.8 Å². The Morgan fingerprint density at radius 2 is 1.69 bits per heavy atom. The van der Waals surface area contributed by atoms with E-state index in [9.17, 15) is 18.0 Å². The van der Waals surface area contributed by atoms with E-state index in [-0.39, 0.29) is 21.2 Å². The molecule has 0 bridgehead atoms. The van der Waals surface area contributed by atoms with Crippen molar-refractivity contribution in [2.24, 2.45) is 5.73 Å². The van der Waals surface area contributed by atoms with E-state index < -0.39 is 28.4 Å². The number of nitrogens with zero attached hydrogens (tertiary/aromatic N) is 1. The molecule has 0 aliphatic rings. The van der Waals surface area contributed by atoms with Gasteiger partial charge in [0.1, 0.15) is 12.3 Å². The number of nitrogens with two attached hydrogens (primary N) is 1. The highest BCUT2D eigenvalue weighted by atomic mass is 35.5. The number of halogens is 1. The van der Waals surface area contributed by atoms with Crippen LogP contribution in [0, 0.1) is 0 Å². The fourth-order valence-electron chi connectivity index (χ4n) is 2.89. The number of carbonyl (C=O) groups is 2. The van der Waals surface area contributed by atoms with Gasteiger partial charge >= 0.3 is 0 Å². The van der Waals surface area contributed by atoms with Gasteiger partial charge in [0.15, 0.2) is 0 Å². The van der Waals surface area contributed by atoms with E-state index in [1.54, 1.807) is 18.2 Å². The third-order valence-electron chi connectivity index (χ3n) is 4.49. The van der Waals surface area contributed by atoms with Crippen LogP contribution in [-0.2, 0) is 14.8 Å². The number of carbonyl (C=O) groups excluding carboxylic acids is 2. The van der Waals surface area contributed by atoms with Crippen LogP contribution in [0.2, 0.25) is 5.02 Å². The fraction of sp³-hybridized carbons (Fsp3) is 0.0909. The number of methoxy groups -OCH3 is 1. The van der Waals surface area contributed by atoms with Crippen molar-refractivity contribution in [1.29, 1.82) is 0 Å². The highest BCUT2D eigenvalue weighted by Crippen LogP contribution is 2.32. The summed E-state index contributed by atoms with van der Waals surface area (Å²) in [5.74, 6) is -0.825. The second-order valence-corrected chi connectivity index (χ2v) is 8.90. The third kappa shape index (κ3) is 5.19. The van der Waals surface area contributed by atoms with Crippen molar-refractivity contribution in [3.8, 4) is 5.75 Å². The minimum absolute atomic E-state index is 0.0190. The van der Waals surface area contributed by atoms with Crippen LogP contribution in [0.3, 0.4) is 0 Å². The number of nitrogens with one attached hydrogen (secondary N) is 1. The van der Waals surface area contributed by atoms with Gasteiger partial charge in [-0.05, 0) is 54.6 Å². The summed E-state index contributed by atoms with van der Waals surface area (Å²) in [5, 5.41) is 2.81. The molecule has 3 rings (SSSR count). The van der Waals surface area contributed by atoms with E-state index in [0.717, 1.165) is 4.31 Å². The van der Waals surface area contributed by atoms with Crippen molar-refractivity contribution in [3.05, 3.63) is 83.4 Å². The smallest absolute Gasteiger partial charge is 0.264 e. The summed E-state index contributed by atoms with van der Waals surface area (Å²) in [4.78, 5) is 24.0. The summed E-state index contributed by atoms with van der Waals surface area (Å²) in [6, 6.07) is 18.1. The molecule has 0 saturated heterocycles. The number of hydrogen-bond acceptors (Lipinski definition) is 5. The lowest BCUT2D eigenvalue weighted by molar-refractivity contribution is -0.114. The number of ether oxygens (including phenoxy) is 1. The molecule has 3 aromatic rings. The molecule has 3 aromatic carbocycles. The summed E-state index contributed by atoms with van der Waals surface area (Å²) in [5.41, 5.74) is 6.07. The van der Waals surface area contributed by atoms with Gasteiger partial charge in [0, 0.05) is 11.3 Å². The minimum Gasteiger partial charge on any atom is -0.495 e. The van der Waals surface area contributed by atoms with Crippen molar-refractivity contribution in [1.82, 2.24) is 0 Å². The normalized spacial score (nSPS) is 10.9. The predicted molar refractivity (Wildman–Crippen MR) is 123 cm³/mol. The summed E-state index contributed by atoms with van der Waals surface area (Å²) in [6.45, 7) is -0.516. The molecular formula is C22H20ClN3O5S. The molecule has 0 heterocycles. The van der Waals surface area contributed by atoms with E-state index in [1.165, 1.54) is 61.7 Å². The van der Waals surface area contributed by atoms with Gasteiger partial charge < -0.3 is 15.8 Å². The van der Waals surface area contributed by atoms with Crippen LogP contribution in [0.4, 0.5) is 11.4 Å². The summed E-state index contributed by atoms with van der Waals surface area (Å²) >= 11 is 6.19. The zero-order valence-corrected chi connectivity index (χ0v) is 18.6. The summed E-state index contributed by atoms with van der Waals surface area (Å²) < 4.78 is 32.7. The van der Waals surface area contributed by atoms with Gasteiger partial charge in [-0.3, -0.25) is 13.9 Å². The quantitative estimate of drug-likeness (QED) is 0.520. The second kappa shape index (κ2) is 9.71. The molecule has 0 spiro atoms. The van der Waals surface area contributed by atoms with E-state index in [0.29, 0.717) is 11.4 Å². The molecule has 10 heteroatoms. The van der Waals surface area contributed by atoms with E-state index in [4.69, 9.17) is 22.1 Å². The van der Waals surface area contributed by atoms with Crippen LogP contribution >= 0.6 is 11.6 Å². The third-order valence-corrected chi connectivity index (χ3v) is 6.58. The Morgan fingerprint density at radius 1 is 1.03 bits per heavy atom. The number of amides is 2. The maximum absolute atomic E-state index is 13.3. The number of rotatable bonds is 8. The van der Waals surface area contributed by atoms with Crippen molar-refractivity contribution in [2.75, 3.05) is 23.3 Å². The lowest BCUT2D eigenvalue weighted by atomic mass is 10.2. The van der Waals surface area contributed by atoms with Crippen molar-refractivity contribution in [2.45, 2.75) is 4.90 Å². The summed E-state index contributed by atoms with van der Waals surface area (Å²) in [6.07, 6.45) is 0. The van der Waals surface area contributed by atoms with Crippen molar-refractivity contribution in [3.63, 3.8) is 0 Å². The fourth-order valence-corrected chi connectivity index (χ4v) is 4.58. The van der Waals surface area contributed by atoms with Crippen LogP contribution < -0.4 is 20.1 Å². The predicted octanol–water partition coefficient (Wildman–Crippen LogP) is 3.28. The lowest BCUT2D eigenvalue weighted by Gasteiger charge is -2.24. The monoisotopic (exact) mass is 473 g/mol. The van der Waals surface area contributed by atoms with Crippen LogP contribution in [0.5, 0.6) is 5.75 Å². The number of anilines is 2. The highest BCUT2D eigenvalue weighted by Gasteiger charge is 2.27. The number of benzene rings is 3. The average molecular weight is 474 g/mol. The van der Waals surface area contributed by atoms with Gasteiger partial charge in [-0.25, -0.2) is 8.42 Å². The van der Waals surface area contributed by atoms with Crippen LogP contribution in [0.15, 0.2) is 77.7 Å². The molecule has 0 atom stereocenters. The lowest BCUT2D eigenvalue weighted by Crippen LogP contribution is -2.38. The highest BCUT2D eigenvalue weighted by molar-refractivity contribution is 7.92. The molecule has 0 aromatic heterocycles. The first-order chi connectivity index (χ1) is 15.2. The molecule has 0 fully saturated rings. The second-order valence-electron chi connectivity index (χ2n) is 6.63. The Hall–Kier alpha value is -3.56. The van der Waals surface area contributed by atoms with E-state index in [2.05, 4.69) is 5.32 Å². The van der Waals surface area contributed by atoms with Crippen LogP contribution in [0.25, 0.3) is 0 Å². The molecule has 0 aliphatic carbocycles. The maximum Gasteiger partial charge on any atom is 0.264 e. The van der Waals surface area contributed by atoms with Gasteiger partial charge in [-0.15, -0.1) is 0 Å². The zero-order chi connectivity index (χ0) is 23.3. The molecule has 0 saturated carbocycles. The largest absolute Gasteiger partial charge is 0.495 e. The molecule has 0 unspecified atom stereocenters. The molecule has 3 N–H and O–H groups in total. The van der Waals surface area contributed by atoms with E-state index in [1.807, 2.05) is 0 Å². The molecule has 0 radical (unpaired) electrons. The Bertz CT molecular complexity index is 1230. The zero-order valence-electron chi connectivity index (χ0n) is 17.0. The van der Waals surface area contributed by atoms with Gasteiger partial charge in [0.05, 0.1) is 22.7 Å². The van der Waals surface area contributed by atoms with E-state index >= 15 is 0 Å². The van der Waals surface area contributed by atoms with Gasteiger partial charge in [-0.2, -0.15) is 0 Å². The minimum atomic E-state index is -4.08. The van der Waals surface area contributed by atoms with Crippen LogP contribution in [-0.4, -0.2) is 33.9 Å². The molecule has 166 valence electrons. The molecule has 0 aliphatic heterocycles. The molecule has 2 amide bonds. The number of hydrogen-bond donors (Lipinski definition) is 2. The van der Waals surface area contributed by atoms with Crippen molar-refractivity contribution >= 4 is 44.8 Å². The Labute approximate surface area is 190 Å². The standard InChI is InChI=1S/C22H20ClN3O5S/c1-31-20-12-11-17(13-19(20)23)26(32(29,30)18-5-3-2-4-6-18)14-21(27)25-16-9-7-15(8-10-16)22(24)28/h2-13H,14H2,1H3,(H2,24,28)(H,25,27). The average Bonchev–Trinajstić information content (AvgIpc) is 2.78. The Balaban J connectivity index is 1.93. The Morgan fingerprint density at radius 3 is 2.25 bits per heavy atom. The first kappa shape index (κ1) is 23.1. The van der Waals surface area contributed by atoms with Gasteiger partial charge in [0.25, 0.3) is 10.0 Å². The van der Waals surface area contributed by atoms with Gasteiger partial charge in [-0.1, -0.05) is 29.8 Å². The molecule has 8 nitrogen and oxygen atoms in total. The summed E-state index contributed by atoms with van der Waals surface area (Å²) in [7, 11) is -2.64. The van der Waals surface area contributed by atoms with Crippen LogP contribution in [0.1, 0.15) is 10.4 Å².